The van der Waals surface area contributed by atoms with E-state index in [0.29, 0.717) is 30.6 Å². The van der Waals surface area contributed by atoms with Gasteiger partial charge in [-0.2, -0.15) is 0 Å². The molecule has 0 spiro atoms. The highest BCUT2D eigenvalue weighted by atomic mass is 32.1. The molecule has 34 heavy (non-hydrogen) atoms. The number of aromatic nitrogens is 2. The van der Waals surface area contributed by atoms with Gasteiger partial charge in [0, 0.05) is 23.1 Å². The van der Waals surface area contributed by atoms with Crippen molar-refractivity contribution >= 4 is 34.1 Å². The van der Waals surface area contributed by atoms with Crippen LogP contribution in [0.5, 0.6) is 0 Å². The van der Waals surface area contributed by atoms with Gasteiger partial charge in [0.15, 0.2) is 5.13 Å². The van der Waals surface area contributed by atoms with Crippen molar-refractivity contribution in [3.63, 3.8) is 0 Å². The fourth-order valence-electron chi connectivity index (χ4n) is 4.18. The van der Waals surface area contributed by atoms with Crippen LogP contribution in [0.4, 0.5) is 10.9 Å². The maximum atomic E-state index is 12.6. The van der Waals surface area contributed by atoms with E-state index in [1.807, 2.05) is 24.4 Å². The first-order valence-electron chi connectivity index (χ1n) is 11.6. The number of carbonyl (C=O) groups is 2. The van der Waals surface area contributed by atoms with Crippen LogP contribution in [-0.2, 0) is 9.59 Å². The minimum atomic E-state index is -0.0792. The lowest BCUT2D eigenvalue weighted by atomic mass is 9.96. The predicted octanol–water partition coefficient (Wildman–Crippen LogP) is 4.73. The highest BCUT2D eigenvalue weighted by molar-refractivity contribution is 7.14. The first-order valence-corrected chi connectivity index (χ1v) is 12.5. The number of carbonyl (C=O) groups excluding carboxylic acids is 2. The summed E-state index contributed by atoms with van der Waals surface area (Å²) in [6.07, 6.45) is 3.18. The van der Waals surface area contributed by atoms with Gasteiger partial charge in [0.2, 0.25) is 11.8 Å². The normalized spacial score (nSPS) is 14.7. The van der Waals surface area contributed by atoms with Crippen molar-refractivity contribution in [1.29, 1.82) is 0 Å². The van der Waals surface area contributed by atoms with Gasteiger partial charge < -0.3 is 10.6 Å². The molecule has 1 saturated heterocycles. The van der Waals surface area contributed by atoms with Crippen LogP contribution in [0.2, 0.25) is 0 Å². The fourth-order valence-corrected chi connectivity index (χ4v) is 4.90. The molecular formula is C26H31N5O2S. The highest BCUT2D eigenvalue weighted by Crippen LogP contribution is 2.29. The van der Waals surface area contributed by atoms with Gasteiger partial charge in [-0.25, -0.2) is 9.97 Å². The molecule has 0 radical (unpaired) electrons. The Balaban J connectivity index is 1.26. The van der Waals surface area contributed by atoms with Crippen molar-refractivity contribution in [2.24, 2.45) is 5.92 Å². The largest absolute Gasteiger partial charge is 0.310 e. The number of nitrogens with zero attached hydrogens (tertiary/aromatic N) is 3. The van der Waals surface area contributed by atoms with E-state index in [0.717, 1.165) is 29.7 Å². The Morgan fingerprint density at radius 1 is 1.03 bits per heavy atom. The molecule has 0 unspecified atom stereocenters. The molecule has 3 heterocycles. The molecule has 0 saturated carbocycles. The van der Waals surface area contributed by atoms with Crippen molar-refractivity contribution in [3.8, 4) is 11.3 Å². The van der Waals surface area contributed by atoms with E-state index < -0.39 is 0 Å². The Morgan fingerprint density at radius 2 is 1.76 bits per heavy atom. The first kappa shape index (κ1) is 24.0. The number of hydrogen-bond donors (Lipinski definition) is 2. The molecule has 1 aliphatic rings. The summed E-state index contributed by atoms with van der Waals surface area (Å²) in [6, 6.07) is 8.07. The molecule has 1 fully saturated rings. The number of likely N-dealkylation sites (tertiary alicyclic amines) is 1. The van der Waals surface area contributed by atoms with Gasteiger partial charge in [-0.15, -0.1) is 11.3 Å². The maximum absolute atomic E-state index is 12.6. The van der Waals surface area contributed by atoms with Crippen molar-refractivity contribution < 1.29 is 9.59 Å². The van der Waals surface area contributed by atoms with Crippen molar-refractivity contribution in [3.05, 3.63) is 58.1 Å². The minimum absolute atomic E-state index is 0.00240. The number of rotatable bonds is 6. The lowest BCUT2D eigenvalue weighted by Crippen LogP contribution is -2.41. The first-order chi connectivity index (χ1) is 16.3. The SMILES string of the molecule is Cc1ccc(NC(=O)C2CCN(CC(=O)Nc3nc(-c4cc(C)c(C)cc4C)cs3)CC2)nc1. The summed E-state index contributed by atoms with van der Waals surface area (Å²) >= 11 is 1.44. The van der Waals surface area contributed by atoms with E-state index in [1.54, 1.807) is 6.20 Å². The van der Waals surface area contributed by atoms with Crippen LogP contribution in [0.1, 0.15) is 35.1 Å². The van der Waals surface area contributed by atoms with E-state index in [4.69, 9.17) is 0 Å². The number of piperidine rings is 1. The molecular weight excluding hydrogens is 446 g/mol. The summed E-state index contributed by atoms with van der Waals surface area (Å²) in [4.78, 5) is 36.1. The zero-order valence-corrected chi connectivity index (χ0v) is 21.0. The number of amides is 2. The third-order valence-corrected chi connectivity index (χ3v) is 7.11. The molecule has 0 bridgehead atoms. The van der Waals surface area contributed by atoms with Gasteiger partial charge in [0.25, 0.3) is 0 Å². The van der Waals surface area contributed by atoms with E-state index in [-0.39, 0.29) is 17.7 Å². The quantitative estimate of drug-likeness (QED) is 0.536. The van der Waals surface area contributed by atoms with E-state index in [9.17, 15) is 9.59 Å². The zero-order valence-electron chi connectivity index (χ0n) is 20.1. The second-order valence-electron chi connectivity index (χ2n) is 9.10. The lowest BCUT2D eigenvalue weighted by Gasteiger charge is -2.30. The smallest absolute Gasteiger partial charge is 0.240 e. The van der Waals surface area contributed by atoms with Crippen LogP contribution in [0.3, 0.4) is 0 Å². The fraction of sp³-hybridized carbons (Fsp3) is 0.385. The molecule has 1 aliphatic heterocycles. The minimum Gasteiger partial charge on any atom is -0.310 e. The number of thiazole rings is 1. The molecule has 3 aromatic rings. The third-order valence-electron chi connectivity index (χ3n) is 6.36. The van der Waals surface area contributed by atoms with E-state index in [2.05, 4.69) is 58.4 Å². The summed E-state index contributed by atoms with van der Waals surface area (Å²) in [5.41, 5.74) is 6.71. The molecule has 178 valence electrons. The van der Waals surface area contributed by atoms with Gasteiger partial charge in [-0.05, 0) is 88.0 Å². The third kappa shape index (κ3) is 5.87. The molecule has 4 rings (SSSR count). The second-order valence-corrected chi connectivity index (χ2v) is 9.96. The van der Waals surface area contributed by atoms with Crippen LogP contribution in [0, 0.1) is 33.6 Å². The zero-order chi connectivity index (χ0) is 24.2. The predicted molar refractivity (Wildman–Crippen MR) is 137 cm³/mol. The summed E-state index contributed by atoms with van der Waals surface area (Å²) in [6.45, 7) is 9.96. The standard InChI is InChI=1S/C26H31N5O2S/c1-16-5-6-23(27-13-16)29-25(33)20-7-9-31(10-8-20)14-24(32)30-26-28-22(15-34-26)21-12-18(3)17(2)11-19(21)4/h5-6,11-13,15,20H,7-10,14H2,1-4H3,(H,27,29,33)(H,28,30,32). The highest BCUT2D eigenvalue weighted by Gasteiger charge is 2.26. The van der Waals surface area contributed by atoms with Crippen LogP contribution < -0.4 is 10.6 Å². The molecule has 1 aromatic carbocycles. The molecule has 7 nitrogen and oxygen atoms in total. The second kappa shape index (κ2) is 10.4. The average molecular weight is 478 g/mol. The number of nitrogens with one attached hydrogen (secondary N) is 2. The van der Waals surface area contributed by atoms with Crippen LogP contribution in [-0.4, -0.2) is 46.3 Å². The molecule has 0 aliphatic carbocycles. The summed E-state index contributed by atoms with van der Waals surface area (Å²) in [5.74, 6) is 0.434. The number of benzene rings is 1. The maximum Gasteiger partial charge on any atom is 0.240 e. The van der Waals surface area contributed by atoms with Crippen LogP contribution in [0.25, 0.3) is 11.3 Å². The van der Waals surface area contributed by atoms with Gasteiger partial charge in [-0.3, -0.25) is 14.5 Å². The van der Waals surface area contributed by atoms with Gasteiger partial charge in [0.05, 0.1) is 12.2 Å². The summed E-state index contributed by atoms with van der Waals surface area (Å²) in [5, 5.41) is 8.43. The van der Waals surface area contributed by atoms with Crippen LogP contribution in [0.15, 0.2) is 35.8 Å². The Labute approximate surface area is 204 Å². The van der Waals surface area contributed by atoms with E-state index >= 15 is 0 Å². The van der Waals surface area contributed by atoms with Crippen molar-refractivity contribution in [2.75, 3.05) is 30.3 Å². The number of anilines is 2. The number of aryl methyl sites for hydroxylation is 4. The molecule has 2 amide bonds. The van der Waals surface area contributed by atoms with Crippen molar-refractivity contribution in [1.82, 2.24) is 14.9 Å². The van der Waals surface area contributed by atoms with Crippen molar-refractivity contribution in [2.45, 2.75) is 40.5 Å². The molecule has 0 atom stereocenters. The van der Waals surface area contributed by atoms with Gasteiger partial charge >= 0.3 is 0 Å². The monoisotopic (exact) mass is 477 g/mol. The average Bonchev–Trinajstić information content (AvgIpc) is 3.26. The summed E-state index contributed by atoms with van der Waals surface area (Å²) in [7, 11) is 0. The molecule has 8 heteroatoms. The number of pyridine rings is 1. The molecule has 2 N–H and O–H groups in total. The number of hydrogen-bond acceptors (Lipinski definition) is 6. The van der Waals surface area contributed by atoms with Gasteiger partial charge in [-0.1, -0.05) is 12.1 Å². The Morgan fingerprint density at radius 3 is 2.47 bits per heavy atom. The molecule has 2 aromatic heterocycles. The Bertz CT molecular complexity index is 1180. The van der Waals surface area contributed by atoms with Crippen LogP contribution >= 0.6 is 11.3 Å². The van der Waals surface area contributed by atoms with E-state index in [1.165, 1.54) is 28.0 Å². The van der Waals surface area contributed by atoms with Gasteiger partial charge in [0.1, 0.15) is 5.82 Å². The lowest BCUT2D eigenvalue weighted by molar-refractivity contribution is -0.121. The summed E-state index contributed by atoms with van der Waals surface area (Å²) < 4.78 is 0. The topological polar surface area (TPSA) is 87.2 Å². The Hall–Kier alpha value is -3.10. The Kier molecular flexibility index (Phi) is 7.38.